The highest BCUT2D eigenvalue weighted by molar-refractivity contribution is 8.26. The lowest BCUT2D eigenvalue weighted by molar-refractivity contribution is -0.121. The molecule has 2 aromatic rings. The van der Waals surface area contributed by atoms with E-state index in [2.05, 4.69) is 6.58 Å². The number of carbonyl (C=O) groups excluding carboxylic acids is 1. The highest BCUT2D eigenvalue weighted by Crippen LogP contribution is 2.34. The van der Waals surface area contributed by atoms with E-state index in [1.54, 1.807) is 11.0 Å². The Balaban J connectivity index is 1.57. The fourth-order valence-electron chi connectivity index (χ4n) is 2.80. The van der Waals surface area contributed by atoms with E-state index in [1.165, 1.54) is 17.3 Å². The Morgan fingerprint density at radius 1 is 1.14 bits per heavy atom. The molecule has 1 saturated heterocycles. The predicted molar refractivity (Wildman–Crippen MR) is 123 cm³/mol. The van der Waals surface area contributed by atoms with Crippen molar-refractivity contribution in [3.63, 3.8) is 0 Å². The fraction of sp³-hybridized carbons (Fsp3) is 0.217. The molecule has 0 radical (unpaired) electrons. The minimum absolute atomic E-state index is 0.0961. The zero-order chi connectivity index (χ0) is 20.6. The smallest absolute Gasteiger partial charge is 0.266 e. The van der Waals surface area contributed by atoms with Crippen molar-refractivity contribution in [1.82, 2.24) is 4.90 Å². The number of carbonyl (C=O) groups is 1. The maximum atomic E-state index is 12.5. The van der Waals surface area contributed by atoms with E-state index >= 15 is 0 Å². The van der Waals surface area contributed by atoms with Crippen LogP contribution in [0.3, 0.4) is 0 Å². The molecule has 0 aromatic heterocycles. The molecule has 1 aliphatic rings. The number of para-hydroxylation sites is 1. The van der Waals surface area contributed by atoms with Gasteiger partial charge in [0.1, 0.15) is 15.8 Å². The second-order valence-electron chi connectivity index (χ2n) is 6.49. The van der Waals surface area contributed by atoms with Crippen molar-refractivity contribution in [2.24, 2.45) is 0 Å². The van der Waals surface area contributed by atoms with Crippen molar-refractivity contribution in [2.45, 2.75) is 13.3 Å². The molecule has 29 heavy (non-hydrogen) atoms. The van der Waals surface area contributed by atoms with Gasteiger partial charge in [-0.15, -0.1) is 6.58 Å². The average molecular weight is 426 g/mol. The molecule has 4 nitrogen and oxygen atoms in total. The number of thioether (sulfide) groups is 1. The molecule has 6 heteroatoms. The van der Waals surface area contributed by atoms with E-state index in [-0.39, 0.29) is 5.91 Å². The summed E-state index contributed by atoms with van der Waals surface area (Å²) >= 11 is 6.59. The number of aryl methyl sites for hydroxylation is 1. The van der Waals surface area contributed by atoms with Gasteiger partial charge in [-0.1, -0.05) is 60.4 Å². The van der Waals surface area contributed by atoms with Gasteiger partial charge in [0.15, 0.2) is 0 Å². The summed E-state index contributed by atoms with van der Waals surface area (Å²) in [7, 11) is 0. The first kappa shape index (κ1) is 21.1. The molecule has 0 atom stereocenters. The number of hydrogen-bond acceptors (Lipinski definition) is 5. The van der Waals surface area contributed by atoms with Crippen molar-refractivity contribution >= 4 is 40.3 Å². The lowest BCUT2D eigenvalue weighted by Crippen LogP contribution is -2.27. The molecule has 0 saturated carbocycles. The number of amides is 1. The van der Waals surface area contributed by atoms with Crippen LogP contribution in [0.5, 0.6) is 11.5 Å². The van der Waals surface area contributed by atoms with E-state index in [4.69, 9.17) is 21.7 Å². The molecule has 1 fully saturated rings. The Labute approximate surface area is 181 Å². The Kier molecular flexibility index (Phi) is 7.49. The molecule has 2 aromatic carbocycles. The number of benzene rings is 2. The first-order valence-corrected chi connectivity index (χ1v) is 10.6. The molecule has 0 N–H and O–H groups in total. The largest absolute Gasteiger partial charge is 0.493 e. The third-order valence-electron chi connectivity index (χ3n) is 4.20. The summed E-state index contributed by atoms with van der Waals surface area (Å²) in [6.07, 6.45) is 4.26. The van der Waals surface area contributed by atoms with Gasteiger partial charge in [-0.3, -0.25) is 9.69 Å². The molecule has 1 heterocycles. The van der Waals surface area contributed by atoms with Crippen molar-refractivity contribution in [2.75, 3.05) is 19.8 Å². The van der Waals surface area contributed by atoms with Gasteiger partial charge in [-0.2, -0.15) is 0 Å². The van der Waals surface area contributed by atoms with Crippen molar-refractivity contribution < 1.29 is 14.3 Å². The minimum atomic E-state index is -0.0961. The summed E-state index contributed by atoms with van der Waals surface area (Å²) in [4.78, 5) is 14.7. The standard InChI is InChI=1S/C23H23NO3S2/c1-3-12-24-22(25)21(29-23(24)28)16-18-9-4-5-11-20(18)27-14-7-13-26-19-10-6-8-17(2)15-19/h3-6,8-11,15-16H,1,7,12-14H2,2H3/b21-16-. The van der Waals surface area contributed by atoms with Crippen LogP contribution in [-0.4, -0.2) is 34.9 Å². The minimum Gasteiger partial charge on any atom is -0.493 e. The molecule has 1 aliphatic heterocycles. The van der Waals surface area contributed by atoms with Crippen LogP contribution in [0.25, 0.3) is 6.08 Å². The van der Waals surface area contributed by atoms with Gasteiger partial charge in [-0.25, -0.2) is 0 Å². The van der Waals surface area contributed by atoms with Crippen LogP contribution in [0.15, 0.2) is 66.1 Å². The average Bonchev–Trinajstić information content (AvgIpc) is 2.97. The molecule has 150 valence electrons. The zero-order valence-corrected chi connectivity index (χ0v) is 17.9. The summed E-state index contributed by atoms with van der Waals surface area (Å²) in [6, 6.07) is 15.6. The number of hydrogen-bond donors (Lipinski definition) is 0. The summed E-state index contributed by atoms with van der Waals surface area (Å²) in [6.45, 7) is 7.23. The monoisotopic (exact) mass is 425 g/mol. The molecule has 0 aliphatic carbocycles. The molecule has 3 rings (SSSR count). The fourth-order valence-corrected chi connectivity index (χ4v) is 4.06. The van der Waals surface area contributed by atoms with Gasteiger partial charge in [0.25, 0.3) is 5.91 Å². The number of ether oxygens (including phenoxy) is 2. The molecule has 0 spiro atoms. The van der Waals surface area contributed by atoms with E-state index in [1.807, 2.05) is 61.5 Å². The summed E-state index contributed by atoms with van der Waals surface area (Å²) in [5.74, 6) is 1.50. The van der Waals surface area contributed by atoms with Crippen LogP contribution in [0.1, 0.15) is 17.5 Å². The third-order valence-corrected chi connectivity index (χ3v) is 5.57. The molecule has 0 bridgehead atoms. The predicted octanol–water partition coefficient (Wildman–Crippen LogP) is 5.23. The van der Waals surface area contributed by atoms with E-state index in [0.29, 0.717) is 29.0 Å². The van der Waals surface area contributed by atoms with Crippen molar-refractivity contribution in [1.29, 1.82) is 0 Å². The zero-order valence-electron chi connectivity index (χ0n) is 16.3. The topological polar surface area (TPSA) is 38.8 Å². The van der Waals surface area contributed by atoms with E-state index in [0.717, 1.165) is 23.5 Å². The lowest BCUT2D eigenvalue weighted by Gasteiger charge is -2.11. The van der Waals surface area contributed by atoms with Crippen molar-refractivity contribution in [3.8, 4) is 11.5 Å². The SMILES string of the molecule is C=CCN1C(=O)/C(=C/c2ccccc2OCCCOc2cccc(C)c2)SC1=S. The van der Waals surface area contributed by atoms with Gasteiger partial charge < -0.3 is 9.47 Å². The van der Waals surface area contributed by atoms with Crippen LogP contribution in [-0.2, 0) is 4.79 Å². The molecule has 0 unspecified atom stereocenters. The molecular formula is C23H23NO3S2. The Bertz CT molecular complexity index is 939. The summed E-state index contributed by atoms with van der Waals surface area (Å²) in [5, 5.41) is 0. The van der Waals surface area contributed by atoms with Crippen LogP contribution < -0.4 is 9.47 Å². The Morgan fingerprint density at radius 3 is 2.72 bits per heavy atom. The van der Waals surface area contributed by atoms with Gasteiger partial charge in [0.05, 0.1) is 18.1 Å². The molecular weight excluding hydrogens is 402 g/mol. The maximum absolute atomic E-state index is 12.5. The number of thiocarbonyl (C=S) groups is 1. The van der Waals surface area contributed by atoms with Crippen LogP contribution in [0.4, 0.5) is 0 Å². The first-order chi connectivity index (χ1) is 14.1. The number of nitrogens with zero attached hydrogens (tertiary/aromatic N) is 1. The third kappa shape index (κ3) is 5.71. The Hall–Kier alpha value is -2.57. The van der Waals surface area contributed by atoms with Crippen LogP contribution in [0.2, 0.25) is 0 Å². The second kappa shape index (κ2) is 10.3. The van der Waals surface area contributed by atoms with E-state index < -0.39 is 0 Å². The van der Waals surface area contributed by atoms with Gasteiger partial charge in [0.2, 0.25) is 0 Å². The second-order valence-corrected chi connectivity index (χ2v) is 8.16. The molecule has 1 amide bonds. The Morgan fingerprint density at radius 2 is 1.93 bits per heavy atom. The van der Waals surface area contributed by atoms with Gasteiger partial charge >= 0.3 is 0 Å². The van der Waals surface area contributed by atoms with Crippen LogP contribution >= 0.6 is 24.0 Å². The van der Waals surface area contributed by atoms with Crippen molar-refractivity contribution in [3.05, 3.63) is 77.2 Å². The quantitative estimate of drug-likeness (QED) is 0.238. The highest BCUT2D eigenvalue weighted by atomic mass is 32.2. The first-order valence-electron chi connectivity index (χ1n) is 9.36. The van der Waals surface area contributed by atoms with Gasteiger partial charge in [-0.05, 0) is 36.8 Å². The van der Waals surface area contributed by atoms with Gasteiger partial charge in [0, 0.05) is 18.5 Å². The summed E-state index contributed by atoms with van der Waals surface area (Å²) < 4.78 is 12.2. The highest BCUT2D eigenvalue weighted by Gasteiger charge is 2.31. The number of rotatable bonds is 9. The maximum Gasteiger partial charge on any atom is 0.266 e. The van der Waals surface area contributed by atoms with Crippen LogP contribution in [0, 0.1) is 6.92 Å². The summed E-state index contributed by atoms with van der Waals surface area (Å²) in [5.41, 5.74) is 2.03. The lowest BCUT2D eigenvalue weighted by atomic mass is 10.2. The van der Waals surface area contributed by atoms with E-state index in [9.17, 15) is 4.79 Å². The normalized spacial score (nSPS) is 15.1.